The Morgan fingerprint density at radius 2 is 1.88 bits per heavy atom. The zero-order valence-corrected chi connectivity index (χ0v) is 17.7. The van der Waals surface area contributed by atoms with Crippen molar-refractivity contribution in [3.63, 3.8) is 0 Å². The number of nitrogens with one attached hydrogen (secondary N) is 1. The van der Waals surface area contributed by atoms with Crippen LogP contribution < -0.4 is 15.7 Å². The second-order valence-electron chi connectivity index (χ2n) is 7.96. The van der Waals surface area contributed by atoms with E-state index in [-0.39, 0.29) is 11.6 Å². The van der Waals surface area contributed by atoms with Crippen LogP contribution in [0.4, 0.5) is 0 Å². The maximum Gasteiger partial charge on any atom is 0.496 e. The van der Waals surface area contributed by atoms with E-state index in [4.69, 9.17) is 9.31 Å². The molecule has 6 nitrogen and oxygen atoms in total. The number of pyridine rings is 1. The lowest BCUT2D eigenvalue weighted by molar-refractivity contribution is 0.00578. The van der Waals surface area contributed by atoms with Gasteiger partial charge >= 0.3 is 7.12 Å². The topological polar surface area (TPSA) is 75.5 Å². The molecule has 2 heterocycles. The van der Waals surface area contributed by atoms with Gasteiger partial charge in [-0.3, -0.25) is 4.79 Å². The van der Waals surface area contributed by atoms with Gasteiger partial charge in [0, 0.05) is 36.1 Å². The van der Waals surface area contributed by atoms with E-state index in [2.05, 4.69) is 11.6 Å². The number of aromatic nitrogens is 1. The van der Waals surface area contributed by atoms with Crippen molar-refractivity contribution >= 4 is 23.9 Å². The molecule has 26 heavy (non-hydrogen) atoms. The molecule has 1 aromatic rings. The number of unbranched alkanes of at least 4 members (excludes halogenated alkanes) is 1. The van der Waals surface area contributed by atoms with Gasteiger partial charge < -0.3 is 18.4 Å². The summed E-state index contributed by atoms with van der Waals surface area (Å²) in [6.07, 6.45) is 3.65. The molecule has 1 aliphatic heterocycles. The van der Waals surface area contributed by atoms with Crippen LogP contribution in [0.25, 0.3) is 0 Å². The minimum atomic E-state index is -1.14. The summed E-state index contributed by atoms with van der Waals surface area (Å²) in [6.45, 7) is 12.0. The second kappa shape index (κ2) is 8.06. The number of nitrogens with zero attached hydrogens (tertiary/aromatic N) is 1. The maximum atomic E-state index is 12.2. The number of aryl methyl sites for hydroxylation is 1. The Morgan fingerprint density at radius 1 is 1.31 bits per heavy atom. The van der Waals surface area contributed by atoms with Crippen LogP contribution in [0.1, 0.15) is 66.0 Å². The number of hydrogen-bond donors (Lipinski definition) is 1. The zero-order valence-electron chi connectivity index (χ0n) is 16.9. The number of hydrogen-bond acceptors (Lipinski definition) is 5. The van der Waals surface area contributed by atoms with Crippen molar-refractivity contribution in [2.45, 2.75) is 71.6 Å². The third-order valence-electron chi connectivity index (χ3n) is 5.26. The zero-order chi connectivity index (χ0) is 19.7. The van der Waals surface area contributed by atoms with E-state index in [0.29, 0.717) is 5.75 Å². The van der Waals surface area contributed by atoms with Crippen LogP contribution in [-0.4, -0.2) is 33.2 Å². The summed E-state index contributed by atoms with van der Waals surface area (Å²) in [5.41, 5.74) is 0.497. The third-order valence-corrected chi connectivity index (χ3v) is 6.53. The van der Waals surface area contributed by atoms with Crippen LogP contribution in [0, 0.1) is 0 Å². The van der Waals surface area contributed by atoms with Crippen molar-refractivity contribution in [3.05, 3.63) is 28.2 Å². The molecule has 146 valence electrons. The molecule has 0 saturated carbocycles. The van der Waals surface area contributed by atoms with Crippen LogP contribution in [0.3, 0.4) is 0 Å². The van der Waals surface area contributed by atoms with Crippen molar-refractivity contribution in [2.75, 3.05) is 5.75 Å². The predicted octanol–water partition coefficient (Wildman–Crippen LogP) is 1.80. The molecule has 1 N–H and O–H groups in total. The molecule has 0 bridgehead atoms. The molecule has 0 radical (unpaired) electrons. The van der Waals surface area contributed by atoms with Gasteiger partial charge in [-0.05, 0) is 46.6 Å². The fraction of sp³-hybridized carbons (Fsp3) is 0.722. The Bertz CT molecular complexity index is 676. The minimum absolute atomic E-state index is 0.117. The van der Waals surface area contributed by atoms with Crippen LogP contribution in [-0.2, 0) is 27.7 Å². The third kappa shape index (κ3) is 4.54. The van der Waals surface area contributed by atoms with E-state index in [0.717, 1.165) is 23.9 Å². The van der Waals surface area contributed by atoms with Crippen molar-refractivity contribution in [2.24, 2.45) is 7.05 Å². The van der Waals surface area contributed by atoms with E-state index in [1.807, 2.05) is 34.6 Å². The first-order valence-corrected chi connectivity index (χ1v) is 10.5. The lowest BCUT2D eigenvalue weighted by Gasteiger charge is -2.32. The maximum absolute atomic E-state index is 12.2. The lowest BCUT2D eigenvalue weighted by atomic mass is 9.75. The average molecular weight is 382 g/mol. The van der Waals surface area contributed by atoms with E-state index in [9.17, 15) is 9.35 Å². The molecule has 2 rings (SSSR count). The van der Waals surface area contributed by atoms with Crippen LogP contribution in [0.2, 0.25) is 0 Å². The average Bonchev–Trinajstić information content (AvgIpc) is 2.75. The molecule has 0 amide bonds. The van der Waals surface area contributed by atoms with E-state index >= 15 is 0 Å². The summed E-state index contributed by atoms with van der Waals surface area (Å²) in [6, 6.07) is 1.32. The van der Waals surface area contributed by atoms with Crippen molar-refractivity contribution in [3.8, 4) is 0 Å². The lowest BCUT2D eigenvalue weighted by Crippen LogP contribution is -2.43. The van der Waals surface area contributed by atoms with Crippen molar-refractivity contribution in [1.29, 1.82) is 0 Å². The van der Waals surface area contributed by atoms with Crippen LogP contribution in [0.5, 0.6) is 0 Å². The summed E-state index contributed by atoms with van der Waals surface area (Å²) in [5, 5.41) is 0. The van der Waals surface area contributed by atoms with Gasteiger partial charge in [0.25, 0.3) is 5.56 Å². The van der Waals surface area contributed by atoms with Crippen LogP contribution in [0.15, 0.2) is 17.1 Å². The standard InChI is InChI=1S/C18H31BN2O4S/c1-8-9-10-26(23)20-13(2)14-11-16(22)21(7)12-15(14)19-24-17(3,4)18(5,6)25-19/h11-13,20H,8-10H2,1-7H3/t13-,26-/m0/s1. The largest absolute Gasteiger partial charge is 0.598 e. The second-order valence-corrected chi connectivity index (χ2v) is 9.30. The predicted molar refractivity (Wildman–Crippen MR) is 107 cm³/mol. The van der Waals surface area contributed by atoms with Crippen molar-refractivity contribution in [1.82, 2.24) is 9.29 Å². The van der Waals surface area contributed by atoms with Crippen molar-refractivity contribution < 1.29 is 13.9 Å². The fourth-order valence-electron chi connectivity index (χ4n) is 2.80. The Hall–Kier alpha value is -0.795. The summed E-state index contributed by atoms with van der Waals surface area (Å²) < 4.78 is 29.2. The highest BCUT2D eigenvalue weighted by molar-refractivity contribution is 7.89. The molecule has 0 spiro atoms. The number of rotatable bonds is 7. The van der Waals surface area contributed by atoms with Gasteiger partial charge in [-0.25, -0.2) is 0 Å². The molecule has 0 aromatic carbocycles. The van der Waals surface area contributed by atoms with Gasteiger partial charge in [0.2, 0.25) is 0 Å². The summed E-state index contributed by atoms with van der Waals surface area (Å²) in [4.78, 5) is 12.2. The fourth-order valence-corrected chi connectivity index (χ4v) is 3.99. The molecule has 1 aromatic heterocycles. The van der Waals surface area contributed by atoms with Gasteiger partial charge in [-0.1, -0.05) is 13.3 Å². The molecule has 8 heteroatoms. The Morgan fingerprint density at radius 3 is 2.42 bits per heavy atom. The Labute approximate surface area is 160 Å². The highest BCUT2D eigenvalue weighted by Crippen LogP contribution is 2.36. The molecular formula is C18H31BN2O4S. The summed E-state index contributed by atoms with van der Waals surface area (Å²) >= 11 is -1.14. The van der Waals surface area contributed by atoms with Gasteiger partial charge in [-0.15, -0.1) is 4.72 Å². The molecule has 1 fully saturated rings. The first kappa shape index (κ1) is 21.5. The quantitative estimate of drug-likeness (QED) is 0.575. The monoisotopic (exact) mass is 382 g/mol. The van der Waals surface area contributed by atoms with Gasteiger partial charge in [0.05, 0.1) is 17.2 Å². The van der Waals surface area contributed by atoms with E-state index in [1.165, 1.54) is 4.57 Å². The van der Waals surface area contributed by atoms with Crippen LogP contribution >= 0.6 is 0 Å². The van der Waals surface area contributed by atoms with E-state index in [1.54, 1.807) is 19.3 Å². The highest BCUT2D eigenvalue weighted by Gasteiger charge is 2.52. The van der Waals surface area contributed by atoms with E-state index < -0.39 is 29.7 Å². The SMILES string of the molecule is CCCC[S@+]([O-])N[C@@H](C)c1cc(=O)n(C)cc1B1OC(C)(C)C(C)(C)O1. The Balaban J connectivity index is 2.33. The Kier molecular flexibility index (Phi) is 6.67. The molecular weight excluding hydrogens is 351 g/mol. The molecule has 1 saturated heterocycles. The molecule has 2 atom stereocenters. The molecule has 0 aliphatic carbocycles. The van der Waals surface area contributed by atoms with Gasteiger partial charge in [-0.2, -0.15) is 0 Å². The first-order valence-electron chi connectivity index (χ1n) is 9.19. The summed E-state index contributed by atoms with van der Waals surface area (Å²) in [5.74, 6) is 0.595. The van der Waals surface area contributed by atoms with Gasteiger partial charge in [0.1, 0.15) is 5.75 Å². The van der Waals surface area contributed by atoms with Gasteiger partial charge in [0.15, 0.2) is 0 Å². The minimum Gasteiger partial charge on any atom is -0.598 e. The first-order chi connectivity index (χ1) is 12.0. The molecule has 1 aliphatic rings. The molecule has 0 unspecified atom stereocenters. The smallest absolute Gasteiger partial charge is 0.496 e. The normalized spacial score (nSPS) is 21.0. The highest BCUT2D eigenvalue weighted by atomic mass is 32.2. The summed E-state index contributed by atoms with van der Waals surface area (Å²) in [7, 11) is 1.13.